The number of amides is 1. The number of ketones is 2. The number of hydrogen-bond acceptors (Lipinski definition) is 6. The summed E-state index contributed by atoms with van der Waals surface area (Å²) in [7, 11) is 0. The Bertz CT molecular complexity index is 981. The maximum atomic E-state index is 14.5. The van der Waals surface area contributed by atoms with E-state index in [0.717, 1.165) is 77.0 Å². The Morgan fingerprint density at radius 2 is 1.33 bits per heavy atom. The highest BCUT2D eigenvalue weighted by atomic mass is 16.6. The van der Waals surface area contributed by atoms with Gasteiger partial charge in [-0.1, -0.05) is 70.6 Å². The molecular weight excluding hydrogens is 494 g/mol. The van der Waals surface area contributed by atoms with E-state index in [0.29, 0.717) is 18.8 Å². The Kier molecular flexibility index (Phi) is 9.13. The lowest BCUT2D eigenvalue weighted by Crippen LogP contribution is -2.46. The van der Waals surface area contributed by atoms with Crippen LogP contribution in [-0.4, -0.2) is 40.7 Å². The zero-order chi connectivity index (χ0) is 27.5. The molecule has 0 aromatic rings. The molecule has 2 N–H and O–H groups in total. The fourth-order valence-electron chi connectivity index (χ4n) is 8.74. The highest BCUT2D eigenvalue weighted by Gasteiger charge is 2.51. The third kappa shape index (κ3) is 5.97. The average Bonchev–Trinajstić information content (AvgIpc) is 3.29. The van der Waals surface area contributed by atoms with E-state index in [1.165, 1.54) is 19.3 Å². The Hall–Kier alpha value is -2.18. The maximum Gasteiger partial charge on any atom is 0.309 e. The van der Waals surface area contributed by atoms with Crippen LogP contribution in [0.2, 0.25) is 0 Å². The molecule has 6 unspecified atom stereocenters. The van der Waals surface area contributed by atoms with Crippen molar-refractivity contribution < 1.29 is 29.0 Å². The lowest BCUT2D eigenvalue weighted by Gasteiger charge is -2.39. The first kappa shape index (κ1) is 28.4. The molecule has 1 heterocycles. The molecule has 0 radical (unpaired) electrons. The molecule has 0 aromatic heterocycles. The van der Waals surface area contributed by atoms with E-state index in [4.69, 9.17) is 4.74 Å². The molecule has 39 heavy (non-hydrogen) atoms. The van der Waals surface area contributed by atoms with Gasteiger partial charge in [-0.15, -0.1) is 0 Å². The minimum Gasteiger partial charge on any atom is -0.503 e. The van der Waals surface area contributed by atoms with Crippen molar-refractivity contribution in [1.82, 2.24) is 5.32 Å². The van der Waals surface area contributed by atoms with Gasteiger partial charge in [0, 0.05) is 23.8 Å². The van der Waals surface area contributed by atoms with Gasteiger partial charge in [0.15, 0.2) is 11.5 Å². The summed E-state index contributed by atoms with van der Waals surface area (Å²) in [6.45, 7) is 1.55. The van der Waals surface area contributed by atoms with Gasteiger partial charge in [0.1, 0.15) is 11.9 Å². The van der Waals surface area contributed by atoms with E-state index in [2.05, 4.69) is 5.32 Å². The molecule has 7 nitrogen and oxygen atoms in total. The summed E-state index contributed by atoms with van der Waals surface area (Å²) in [5.74, 6) is -2.01. The molecule has 1 saturated heterocycles. The lowest BCUT2D eigenvalue weighted by atomic mass is 9.65. The van der Waals surface area contributed by atoms with Crippen LogP contribution >= 0.6 is 0 Å². The standard InChI is InChI=1S/C32H47NO6/c1-19(34)21-13-9-10-18-26(21)33-31(37)29(36)27(30-24-16-7-8-17-25(24)32(38)39-30)28(35)23-15-6-5-14-22(23)20-11-3-2-4-12-20/h20-26,30,36H,2-18H2,1H3,(H,33,37)/b29-27+/t21?,22?,23?,24?,25?,26?,30-/m1/s1. The molecule has 5 aliphatic rings. The predicted octanol–water partition coefficient (Wildman–Crippen LogP) is 5.75. The van der Waals surface area contributed by atoms with Gasteiger partial charge in [0.2, 0.25) is 0 Å². The van der Waals surface area contributed by atoms with Gasteiger partial charge < -0.3 is 15.2 Å². The Morgan fingerprint density at radius 3 is 2.05 bits per heavy atom. The smallest absolute Gasteiger partial charge is 0.309 e. The number of Topliss-reactive ketones (excluding diaryl/α,β-unsaturated/α-hetero) is 2. The summed E-state index contributed by atoms with van der Waals surface area (Å²) < 4.78 is 5.87. The molecule has 1 aliphatic heterocycles. The van der Waals surface area contributed by atoms with Gasteiger partial charge in [0.25, 0.3) is 5.91 Å². The van der Waals surface area contributed by atoms with Gasteiger partial charge in [-0.3, -0.25) is 19.2 Å². The van der Waals surface area contributed by atoms with Crippen LogP contribution in [0.4, 0.5) is 0 Å². The Morgan fingerprint density at radius 1 is 0.744 bits per heavy atom. The van der Waals surface area contributed by atoms with E-state index in [1.807, 2.05) is 0 Å². The second-order valence-electron chi connectivity index (χ2n) is 13.1. The van der Waals surface area contributed by atoms with E-state index < -0.39 is 17.8 Å². The van der Waals surface area contributed by atoms with Crippen LogP contribution in [0.25, 0.3) is 0 Å². The van der Waals surface area contributed by atoms with Crippen molar-refractivity contribution in [3.8, 4) is 0 Å². The molecule has 5 fully saturated rings. The molecule has 4 saturated carbocycles. The number of carbonyl (C=O) groups excluding carboxylic acids is 4. The number of fused-ring (bicyclic) bond motifs is 1. The summed E-state index contributed by atoms with van der Waals surface area (Å²) in [6, 6.07) is -0.361. The molecular formula is C32H47NO6. The molecule has 0 bridgehead atoms. The third-order valence-corrected chi connectivity index (χ3v) is 10.8. The van der Waals surface area contributed by atoms with Gasteiger partial charge >= 0.3 is 5.97 Å². The third-order valence-electron chi connectivity index (χ3n) is 10.8. The summed E-state index contributed by atoms with van der Waals surface area (Å²) >= 11 is 0. The van der Waals surface area contributed by atoms with Crippen LogP contribution in [0, 0.1) is 35.5 Å². The molecule has 1 amide bonds. The van der Waals surface area contributed by atoms with Crippen LogP contribution in [0.15, 0.2) is 11.3 Å². The Labute approximate surface area is 232 Å². The molecule has 0 aromatic carbocycles. The minimum absolute atomic E-state index is 0.0261. The maximum absolute atomic E-state index is 14.5. The normalized spacial score (nSPS) is 36.3. The zero-order valence-electron chi connectivity index (χ0n) is 23.6. The second kappa shape index (κ2) is 12.6. The molecule has 5 rings (SSSR count). The molecule has 4 aliphatic carbocycles. The van der Waals surface area contributed by atoms with Crippen LogP contribution < -0.4 is 5.32 Å². The number of aliphatic hydroxyl groups excluding tert-OH is 1. The minimum atomic E-state index is -0.870. The number of nitrogens with one attached hydrogen (secondary N) is 1. The summed E-state index contributed by atoms with van der Waals surface area (Å²) in [4.78, 5) is 53.2. The SMILES string of the molecule is CC(=O)C1CCCCC1NC(=O)/C(O)=C(/C(=O)C1CCCCC1C1CCCCC1)[C@@H]1OC(=O)C2CCCCC21. The first-order chi connectivity index (χ1) is 18.9. The first-order valence-electron chi connectivity index (χ1n) is 15.9. The van der Waals surface area contributed by atoms with Gasteiger partial charge in [-0.05, 0) is 57.3 Å². The summed E-state index contributed by atoms with van der Waals surface area (Å²) in [5, 5.41) is 14.4. The van der Waals surface area contributed by atoms with Gasteiger partial charge in [0.05, 0.1) is 11.5 Å². The molecule has 216 valence electrons. The van der Waals surface area contributed by atoms with Crippen molar-refractivity contribution in [2.45, 2.75) is 128 Å². The molecule has 7 heteroatoms. The summed E-state index contributed by atoms with van der Waals surface area (Å²) in [5.41, 5.74) is 0.0261. The van der Waals surface area contributed by atoms with E-state index in [1.54, 1.807) is 6.92 Å². The Balaban J connectivity index is 1.47. The quantitative estimate of drug-likeness (QED) is 0.241. The van der Waals surface area contributed by atoms with Crippen LogP contribution in [0.5, 0.6) is 0 Å². The number of aliphatic hydroxyl groups is 1. The highest BCUT2D eigenvalue weighted by molar-refractivity contribution is 6.06. The average molecular weight is 542 g/mol. The highest BCUT2D eigenvalue weighted by Crippen LogP contribution is 2.47. The van der Waals surface area contributed by atoms with E-state index in [-0.39, 0.29) is 58.7 Å². The number of carbonyl (C=O) groups is 4. The lowest BCUT2D eigenvalue weighted by molar-refractivity contribution is -0.144. The van der Waals surface area contributed by atoms with E-state index in [9.17, 15) is 24.3 Å². The van der Waals surface area contributed by atoms with Crippen molar-refractivity contribution in [1.29, 1.82) is 0 Å². The molecule has 7 atom stereocenters. The fourth-order valence-corrected chi connectivity index (χ4v) is 8.74. The predicted molar refractivity (Wildman–Crippen MR) is 147 cm³/mol. The number of esters is 1. The topological polar surface area (TPSA) is 110 Å². The van der Waals surface area contributed by atoms with Crippen molar-refractivity contribution in [2.24, 2.45) is 35.5 Å². The second-order valence-corrected chi connectivity index (χ2v) is 13.1. The molecule has 0 spiro atoms. The fraction of sp³-hybridized carbons (Fsp3) is 0.812. The number of ether oxygens (including phenoxy) is 1. The number of hydrogen-bond donors (Lipinski definition) is 2. The number of cyclic esters (lactones) is 1. The van der Waals surface area contributed by atoms with Crippen LogP contribution in [-0.2, 0) is 23.9 Å². The van der Waals surface area contributed by atoms with Crippen LogP contribution in [0.1, 0.15) is 116 Å². The van der Waals surface area contributed by atoms with Crippen LogP contribution in [0.3, 0.4) is 0 Å². The van der Waals surface area contributed by atoms with E-state index >= 15 is 0 Å². The van der Waals surface area contributed by atoms with Gasteiger partial charge in [-0.2, -0.15) is 0 Å². The summed E-state index contributed by atoms with van der Waals surface area (Å²) in [6.07, 6.45) is 15.4. The number of rotatable bonds is 7. The van der Waals surface area contributed by atoms with Crippen molar-refractivity contribution in [2.75, 3.05) is 0 Å². The van der Waals surface area contributed by atoms with Crippen molar-refractivity contribution in [3.05, 3.63) is 11.3 Å². The largest absolute Gasteiger partial charge is 0.503 e. The first-order valence-corrected chi connectivity index (χ1v) is 15.9. The van der Waals surface area contributed by atoms with Crippen molar-refractivity contribution >= 4 is 23.4 Å². The zero-order valence-corrected chi connectivity index (χ0v) is 23.6. The van der Waals surface area contributed by atoms with Gasteiger partial charge in [-0.25, -0.2) is 0 Å². The monoisotopic (exact) mass is 541 g/mol. The van der Waals surface area contributed by atoms with Crippen molar-refractivity contribution in [3.63, 3.8) is 0 Å².